The molecule has 3 aliphatic heterocycles. The molecule has 0 aromatic heterocycles. The zero-order valence-corrected chi connectivity index (χ0v) is 16.1. The molecule has 0 radical (unpaired) electrons. The Balaban J connectivity index is 1.33. The number of ether oxygens (including phenoxy) is 1. The Kier molecular flexibility index (Phi) is 5.32. The van der Waals surface area contributed by atoms with Gasteiger partial charge in [-0.3, -0.25) is 4.79 Å². The van der Waals surface area contributed by atoms with Crippen LogP contribution in [0.3, 0.4) is 0 Å². The number of aryl methyl sites for hydroxylation is 1. The summed E-state index contributed by atoms with van der Waals surface area (Å²) in [6.07, 6.45) is 7.34. The van der Waals surface area contributed by atoms with E-state index in [0.717, 1.165) is 56.6 Å². The minimum atomic E-state index is 0.213. The number of nitrogens with zero attached hydrogens (tertiary/aromatic N) is 2. The monoisotopic (exact) mass is 356 g/mol. The fraction of sp³-hybridized carbons (Fsp3) is 0.682. The second-order valence-corrected chi connectivity index (χ2v) is 8.45. The lowest BCUT2D eigenvalue weighted by Crippen LogP contribution is -2.44. The van der Waals surface area contributed by atoms with E-state index in [1.54, 1.807) is 0 Å². The number of likely N-dealkylation sites (tertiary alicyclic amines) is 2. The largest absolute Gasteiger partial charge is 0.376 e. The van der Waals surface area contributed by atoms with Gasteiger partial charge in [-0.2, -0.15) is 0 Å². The second kappa shape index (κ2) is 7.69. The van der Waals surface area contributed by atoms with Crippen molar-refractivity contribution in [2.24, 2.45) is 5.41 Å². The maximum Gasteiger partial charge on any atom is 0.254 e. The molecular formula is C22H32N2O2. The summed E-state index contributed by atoms with van der Waals surface area (Å²) in [6, 6.07) is 8.06. The van der Waals surface area contributed by atoms with E-state index < -0.39 is 0 Å². The molecule has 4 nitrogen and oxygen atoms in total. The Morgan fingerprint density at radius 1 is 1.15 bits per heavy atom. The fourth-order valence-corrected chi connectivity index (χ4v) is 5.01. The summed E-state index contributed by atoms with van der Waals surface area (Å²) in [5, 5.41) is 0. The highest BCUT2D eigenvalue weighted by Crippen LogP contribution is 2.42. The lowest BCUT2D eigenvalue weighted by atomic mass is 9.76. The van der Waals surface area contributed by atoms with Crippen molar-refractivity contribution in [2.45, 2.75) is 51.6 Å². The van der Waals surface area contributed by atoms with Gasteiger partial charge >= 0.3 is 0 Å². The molecule has 1 atom stereocenters. The third-order valence-corrected chi connectivity index (χ3v) is 6.69. The van der Waals surface area contributed by atoms with E-state index in [0.29, 0.717) is 11.5 Å². The molecule has 1 spiro atoms. The van der Waals surface area contributed by atoms with E-state index in [9.17, 15) is 4.79 Å². The molecule has 4 heteroatoms. The van der Waals surface area contributed by atoms with E-state index in [1.807, 2.05) is 18.2 Å². The van der Waals surface area contributed by atoms with Gasteiger partial charge in [-0.15, -0.1) is 0 Å². The summed E-state index contributed by atoms with van der Waals surface area (Å²) in [5.74, 6) is 0.213. The van der Waals surface area contributed by atoms with Crippen molar-refractivity contribution in [1.29, 1.82) is 0 Å². The van der Waals surface area contributed by atoms with Crippen LogP contribution in [0.4, 0.5) is 0 Å². The van der Waals surface area contributed by atoms with E-state index in [2.05, 4.69) is 22.8 Å². The van der Waals surface area contributed by atoms with Gasteiger partial charge in [0, 0.05) is 25.2 Å². The lowest BCUT2D eigenvalue weighted by Gasteiger charge is -2.38. The molecule has 1 amide bonds. The number of hydrogen-bond donors (Lipinski definition) is 0. The molecule has 0 saturated carbocycles. The summed E-state index contributed by atoms with van der Waals surface area (Å²) >= 11 is 0. The summed E-state index contributed by atoms with van der Waals surface area (Å²) in [4.78, 5) is 17.6. The zero-order valence-electron chi connectivity index (χ0n) is 16.1. The van der Waals surface area contributed by atoms with Crippen molar-refractivity contribution in [2.75, 3.05) is 39.3 Å². The third kappa shape index (κ3) is 3.67. The molecule has 3 saturated heterocycles. The first kappa shape index (κ1) is 18.0. The highest BCUT2D eigenvalue weighted by molar-refractivity contribution is 5.95. The van der Waals surface area contributed by atoms with E-state index in [4.69, 9.17) is 4.74 Å². The molecule has 3 heterocycles. The molecule has 0 bridgehead atoms. The summed E-state index contributed by atoms with van der Waals surface area (Å²) in [7, 11) is 0. The summed E-state index contributed by atoms with van der Waals surface area (Å²) in [5.41, 5.74) is 2.36. The van der Waals surface area contributed by atoms with Crippen LogP contribution in [0.2, 0.25) is 0 Å². The first-order valence-corrected chi connectivity index (χ1v) is 10.4. The molecule has 142 valence electrons. The van der Waals surface area contributed by atoms with Crippen molar-refractivity contribution in [1.82, 2.24) is 9.80 Å². The van der Waals surface area contributed by atoms with Gasteiger partial charge in [-0.25, -0.2) is 0 Å². The van der Waals surface area contributed by atoms with E-state index >= 15 is 0 Å². The summed E-state index contributed by atoms with van der Waals surface area (Å²) in [6.45, 7) is 8.34. The van der Waals surface area contributed by atoms with E-state index in [1.165, 1.54) is 32.4 Å². The van der Waals surface area contributed by atoms with Crippen molar-refractivity contribution < 1.29 is 9.53 Å². The van der Waals surface area contributed by atoms with Crippen LogP contribution in [0, 0.1) is 5.41 Å². The number of rotatable bonds is 4. The number of benzene rings is 1. The maximum absolute atomic E-state index is 13.0. The van der Waals surface area contributed by atoms with Crippen LogP contribution >= 0.6 is 0 Å². The number of carbonyl (C=O) groups excluding carboxylic acids is 1. The average molecular weight is 357 g/mol. The number of amides is 1. The quantitative estimate of drug-likeness (QED) is 0.829. The van der Waals surface area contributed by atoms with Gasteiger partial charge in [0.2, 0.25) is 0 Å². The topological polar surface area (TPSA) is 32.8 Å². The smallest absolute Gasteiger partial charge is 0.254 e. The van der Waals surface area contributed by atoms with Crippen LogP contribution in [0.25, 0.3) is 0 Å². The van der Waals surface area contributed by atoms with Gasteiger partial charge in [0.1, 0.15) is 0 Å². The van der Waals surface area contributed by atoms with Gasteiger partial charge in [-0.05, 0) is 68.7 Å². The van der Waals surface area contributed by atoms with Crippen molar-refractivity contribution in [3.63, 3.8) is 0 Å². The standard InChI is InChI=1S/C22H32N2O2/c1-2-18-7-3-4-8-20(18)21(25)24-13-9-22(10-14-24)15-19(26-17-22)16-23-11-5-6-12-23/h3-4,7-8,19H,2,5-6,9-17H2,1H3/t19-/m0/s1. The zero-order chi connectivity index (χ0) is 18.0. The van der Waals surface area contributed by atoms with Gasteiger partial charge < -0.3 is 14.5 Å². The molecule has 26 heavy (non-hydrogen) atoms. The van der Waals surface area contributed by atoms with Crippen LogP contribution in [0.1, 0.15) is 54.9 Å². The molecule has 1 aromatic carbocycles. The van der Waals surface area contributed by atoms with Crippen LogP contribution < -0.4 is 0 Å². The van der Waals surface area contributed by atoms with Crippen LogP contribution in [-0.2, 0) is 11.2 Å². The Bertz CT molecular complexity index is 631. The minimum Gasteiger partial charge on any atom is -0.376 e. The number of piperidine rings is 1. The number of hydrogen-bond acceptors (Lipinski definition) is 3. The molecule has 0 N–H and O–H groups in total. The second-order valence-electron chi connectivity index (χ2n) is 8.45. The summed E-state index contributed by atoms with van der Waals surface area (Å²) < 4.78 is 6.18. The lowest BCUT2D eigenvalue weighted by molar-refractivity contribution is 0.0459. The molecule has 3 fully saturated rings. The minimum absolute atomic E-state index is 0.213. The van der Waals surface area contributed by atoms with Crippen LogP contribution in [0.5, 0.6) is 0 Å². The molecule has 0 unspecified atom stereocenters. The van der Waals surface area contributed by atoms with Gasteiger partial charge in [0.05, 0.1) is 12.7 Å². The predicted octanol–water partition coefficient (Wildman–Crippen LogP) is 3.36. The van der Waals surface area contributed by atoms with E-state index in [-0.39, 0.29) is 5.91 Å². The van der Waals surface area contributed by atoms with Crippen molar-refractivity contribution >= 4 is 5.91 Å². The van der Waals surface area contributed by atoms with Crippen molar-refractivity contribution in [3.05, 3.63) is 35.4 Å². The Hall–Kier alpha value is -1.39. The van der Waals surface area contributed by atoms with Gasteiger partial charge in [-0.1, -0.05) is 25.1 Å². The predicted molar refractivity (Wildman–Crippen MR) is 103 cm³/mol. The fourth-order valence-electron chi connectivity index (χ4n) is 5.01. The molecular weight excluding hydrogens is 324 g/mol. The molecule has 3 aliphatic rings. The molecule has 4 rings (SSSR count). The highest BCUT2D eigenvalue weighted by atomic mass is 16.5. The number of carbonyl (C=O) groups is 1. The Morgan fingerprint density at radius 2 is 1.88 bits per heavy atom. The molecule has 1 aromatic rings. The maximum atomic E-state index is 13.0. The van der Waals surface area contributed by atoms with Gasteiger partial charge in [0.15, 0.2) is 0 Å². The Labute approximate surface area is 157 Å². The SMILES string of the molecule is CCc1ccccc1C(=O)N1CCC2(CC1)CO[C@H](CN1CCCC1)C2. The van der Waals surface area contributed by atoms with Gasteiger partial charge in [0.25, 0.3) is 5.91 Å². The first-order valence-electron chi connectivity index (χ1n) is 10.4. The average Bonchev–Trinajstić information content (AvgIpc) is 3.33. The highest BCUT2D eigenvalue weighted by Gasteiger charge is 2.43. The van der Waals surface area contributed by atoms with Crippen LogP contribution in [0.15, 0.2) is 24.3 Å². The third-order valence-electron chi connectivity index (χ3n) is 6.69. The van der Waals surface area contributed by atoms with Crippen LogP contribution in [-0.4, -0.2) is 61.1 Å². The normalized spacial score (nSPS) is 25.9. The first-order chi connectivity index (χ1) is 12.7. The Morgan fingerprint density at radius 3 is 2.62 bits per heavy atom. The molecule has 0 aliphatic carbocycles. The van der Waals surface area contributed by atoms with Crippen molar-refractivity contribution in [3.8, 4) is 0 Å².